The first-order valence-corrected chi connectivity index (χ1v) is 40.4. The lowest BCUT2D eigenvalue weighted by Crippen LogP contribution is -2.30. The van der Waals surface area contributed by atoms with Gasteiger partial charge in [0, 0.05) is 32.7 Å². The van der Waals surface area contributed by atoms with Crippen LogP contribution in [-0.4, -0.2) is 109 Å². The third-order valence-electron chi connectivity index (χ3n) is 16.5. The molecule has 0 aromatic carbocycles. The second-order valence-corrected chi connectivity index (χ2v) is 28.7. The van der Waals surface area contributed by atoms with Crippen LogP contribution in [0.1, 0.15) is 362 Å². The highest BCUT2D eigenvalue weighted by atomic mass is 31.2. The molecule has 4 N–H and O–H groups in total. The van der Waals surface area contributed by atoms with Gasteiger partial charge in [0.25, 0.3) is 0 Å². The Morgan fingerprint density at radius 2 is 0.620 bits per heavy atom. The molecule has 0 saturated heterocycles. The number of hydrogen-bond donors (Lipinski definition) is 4. The van der Waals surface area contributed by atoms with E-state index in [0.29, 0.717) is 32.2 Å². The summed E-state index contributed by atoms with van der Waals surface area (Å²) in [5, 5.41) is 13.4. The SMILES string of the molecule is CCCCCCCCCCCCCCCOC(=O)C[C@H](COP(=O)(O)OC[C@@H](O)COP(=O)(O)OC[C@@H](COC(=O)CCCCCCCCCCCNC(C)=O)OC(=O)CCCCCCCCCCCCCCC)OC(=O)CCCCCCCCCCCCCCC. The summed E-state index contributed by atoms with van der Waals surface area (Å²) in [6, 6.07) is 0. The van der Waals surface area contributed by atoms with Crippen LogP contribution in [0.5, 0.6) is 0 Å². The Labute approximate surface area is 559 Å². The molecule has 0 spiro atoms. The van der Waals surface area contributed by atoms with Crippen LogP contribution in [0.4, 0.5) is 0 Å². The van der Waals surface area contributed by atoms with E-state index in [1.54, 1.807) is 0 Å². The summed E-state index contributed by atoms with van der Waals surface area (Å²) < 4.78 is 68.3. The fourth-order valence-electron chi connectivity index (χ4n) is 10.9. The van der Waals surface area contributed by atoms with Gasteiger partial charge < -0.3 is 39.2 Å². The molecule has 0 radical (unpaired) electrons. The molecule has 0 saturated carbocycles. The van der Waals surface area contributed by atoms with Crippen LogP contribution in [0, 0.1) is 0 Å². The molecule has 0 rings (SSSR count). The number of phosphoric acid groups is 2. The number of amides is 1. The Bertz CT molecular complexity index is 1830. The number of hydrogen-bond acceptors (Lipinski definition) is 16. The van der Waals surface area contributed by atoms with E-state index in [4.69, 9.17) is 37.0 Å². The van der Waals surface area contributed by atoms with E-state index in [9.17, 15) is 48.0 Å². The predicted molar refractivity (Wildman–Crippen MR) is 367 cm³/mol. The zero-order valence-corrected chi connectivity index (χ0v) is 60.6. The van der Waals surface area contributed by atoms with Crippen molar-refractivity contribution in [3.05, 3.63) is 0 Å². The van der Waals surface area contributed by atoms with Gasteiger partial charge in [-0.25, -0.2) is 9.13 Å². The summed E-state index contributed by atoms with van der Waals surface area (Å²) in [5.74, 6) is -2.37. The second-order valence-electron chi connectivity index (χ2n) is 25.7. The van der Waals surface area contributed by atoms with Gasteiger partial charge in [0.1, 0.15) is 18.8 Å². The molecule has 19 nitrogen and oxygen atoms in total. The Hall–Kier alpha value is -2.47. The summed E-state index contributed by atoms with van der Waals surface area (Å²) in [4.78, 5) is 83.9. The molecule has 2 unspecified atom stereocenters. The van der Waals surface area contributed by atoms with Crippen molar-refractivity contribution < 1.29 is 85.0 Å². The third kappa shape index (κ3) is 66.2. The molecular formula is C71H137NO18P2. The van der Waals surface area contributed by atoms with E-state index in [0.717, 1.165) is 122 Å². The van der Waals surface area contributed by atoms with Crippen LogP contribution < -0.4 is 5.32 Å². The number of esters is 4. The quantitative estimate of drug-likeness (QED) is 0.0191. The number of carbonyl (C=O) groups is 5. The largest absolute Gasteiger partial charge is 0.472 e. The van der Waals surface area contributed by atoms with E-state index < -0.39 is 97.3 Å². The molecule has 0 aromatic heterocycles. The Kier molecular flexibility index (Phi) is 64.0. The maximum absolute atomic E-state index is 13.0. The lowest BCUT2D eigenvalue weighted by molar-refractivity contribution is -0.161. The molecular weight excluding hydrogens is 1220 g/mol. The number of aliphatic hydroxyl groups excluding tert-OH is 1. The molecule has 21 heteroatoms. The molecule has 5 atom stereocenters. The van der Waals surface area contributed by atoms with Crippen molar-refractivity contribution in [2.75, 3.05) is 46.2 Å². The minimum Gasteiger partial charge on any atom is -0.466 e. The first-order valence-electron chi connectivity index (χ1n) is 37.4. The van der Waals surface area contributed by atoms with Crippen LogP contribution in [0.15, 0.2) is 0 Å². The van der Waals surface area contributed by atoms with Gasteiger partial charge in [-0.3, -0.25) is 42.1 Å². The maximum atomic E-state index is 13.0. The highest BCUT2D eigenvalue weighted by Crippen LogP contribution is 2.45. The summed E-state index contributed by atoms with van der Waals surface area (Å²) in [6.45, 7) is 5.43. The van der Waals surface area contributed by atoms with Crippen molar-refractivity contribution >= 4 is 45.4 Å². The number of unbranched alkanes of at least 4 members (excludes halogenated alkanes) is 44. The van der Waals surface area contributed by atoms with Crippen molar-refractivity contribution in [3.8, 4) is 0 Å². The Morgan fingerprint density at radius 3 is 0.967 bits per heavy atom. The molecule has 0 bridgehead atoms. The van der Waals surface area contributed by atoms with Gasteiger partial charge in [-0.05, 0) is 32.1 Å². The molecule has 92 heavy (non-hydrogen) atoms. The molecule has 544 valence electrons. The zero-order chi connectivity index (χ0) is 67.7. The number of rotatable bonds is 72. The van der Waals surface area contributed by atoms with Crippen LogP contribution in [0.25, 0.3) is 0 Å². The van der Waals surface area contributed by atoms with Crippen molar-refractivity contribution in [2.45, 2.75) is 380 Å². The molecule has 0 aromatic rings. The summed E-state index contributed by atoms with van der Waals surface area (Å²) >= 11 is 0. The number of aliphatic hydroxyl groups is 1. The fraction of sp³-hybridized carbons (Fsp3) is 0.930. The average molecular weight is 1350 g/mol. The second kappa shape index (κ2) is 65.8. The van der Waals surface area contributed by atoms with Crippen molar-refractivity contribution in [1.82, 2.24) is 5.32 Å². The van der Waals surface area contributed by atoms with Gasteiger partial charge >= 0.3 is 39.5 Å². The molecule has 0 aliphatic heterocycles. The van der Waals surface area contributed by atoms with E-state index >= 15 is 0 Å². The lowest BCUT2D eigenvalue weighted by atomic mass is 10.0. The highest BCUT2D eigenvalue weighted by Gasteiger charge is 2.31. The molecule has 1 amide bonds. The highest BCUT2D eigenvalue weighted by molar-refractivity contribution is 7.47. The van der Waals surface area contributed by atoms with Gasteiger partial charge in [-0.1, -0.05) is 297 Å². The van der Waals surface area contributed by atoms with Crippen LogP contribution in [0.2, 0.25) is 0 Å². The molecule has 0 aliphatic carbocycles. The fourth-order valence-corrected chi connectivity index (χ4v) is 12.4. The van der Waals surface area contributed by atoms with Gasteiger partial charge in [-0.15, -0.1) is 0 Å². The first-order chi connectivity index (χ1) is 44.5. The van der Waals surface area contributed by atoms with Crippen molar-refractivity contribution in [2.24, 2.45) is 0 Å². The normalized spacial score (nSPS) is 13.9. The van der Waals surface area contributed by atoms with Gasteiger partial charge in [0.05, 0.1) is 39.5 Å². The average Bonchev–Trinajstić information content (AvgIpc) is 2.89. The molecule has 0 heterocycles. The van der Waals surface area contributed by atoms with Crippen LogP contribution in [-0.2, 0) is 70.1 Å². The summed E-state index contributed by atoms with van der Waals surface area (Å²) in [6.07, 6.45) is 49.2. The number of carbonyl (C=O) groups excluding carboxylic acids is 5. The Balaban J connectivity index is 5.27. The van der Waals surface area contributed by atoms with Gasteiger partial charge in [0.2, 0.25) is 5.91 Å². The van der Waals surface area contributed by atoms with E-state index in [2.05, 4.69) is 26.1 Å². The minimum atomic E-state index is -4.98. The van der Waals surface area contributed by atoms with Crippen LogP contribution >= 0.6 is 15.6 Å². The Morgan fingerprint density at radius 1 is 0.337 bits per heavy atom. The van der Waals surface area contributed by atoms with E-state index in [1.165, 1.54) is 167 Å². The molecule has 0 fully saturated rings. The molecule has 0 aliphatic rings. The standard InChI is InChI=1S/C71H137NO18P2/c1-5-8-11-14-17-20-23-26-29-33-39-44-49-54-69(76)89-66(58-71(78)83-57-52-47-42-37-31-28-25-22-19-16-13-10-7-3)62-87-91(79,80)85-59-65(74)60-86-92(81,82)88-63-67(90-70(77)55-50-45-40-34-30-27-24-21-18-15-12-9-6-2)61-84-68(75)53-48-43-38-35-32-36-41-46-51-56-72-64(4)73/h65-67,74H,5-63H2,1-4H3,(H,72,73)(H,79,80)(H,81,82)/t65-,66-,67-/m1/s1. The van der Waals surface area contributed by atoms with Gasteiger partial charge in [0.15, 0.2) is 6.10 Å². The lowest BCUT2D eigenvalue weighted by Gasteiger charge is -2.21. The van der Waals surface area contributed by atoms with E-state index in [-0.39, 0.29) is 31.8 Å². The van der Waals surface area contributed by atoms with E-state index in [1.807, 2.05) is 0 Å². The minimum absolute atomic E-state index is 0.0134. The van der Waals surface area contributed by atoms with Crippen molar-refractivity contribution in [3.63, 3.8) is 0 Å². The third-order valence-corrected chi connectivity index (χ3v) is 18.4. The number of nitrogens with one attached hydrogen (secondary N) is 1. The number of phosphoric ester groups is 2. The predicted octanol–water partition coefficient (Wildman–Crippen LogP) is 19.0. The smallest absolute Gasteiger partial charge is 0.466 e. The summed E-state index contributed by atoms with van der Waals surface area (Å²) in [7, 11) is -9.95. The van der Waals surface area contributed by atoms with Gasteiger partial charge in [-0.2, -0.15) is 0 Å². The topological polar surface area (TPSA) is 266 Å². The summed E-state index contributed by atoms with van der Waals surface area (Å²) in [5.41, 5.74) is 0. The maximum Gasteiger partial charge on any atom is 0.472 e. The monoisotopic (exact) mass is 1350 g/mol. The van der Waals surface area contributed by atoms with Crippen LogP contribution in [0.3, 0.4) is 0 Å². The number of ether oxygens (including phenoxy) is 4. The zero-order valence-electron chi connectivity index (χ0n) is 58.8. The first kappa shape index (κ1) is 89.5. The van der Waals surface area contributed by atoms with Crippen molar-refractivity contribution in [1.29, 1.82) is 0 Å².